The molecule has 218 valence electrons. The molecule has 4 aromatic rings. The van der Waals surface area contributed by atoms with E-state index in [4.69, 9.17) is 0 Å². The minimum absolute atomic E-state index is 0.0609. The monoisotopic (exact) mass is 647 g/mol. The van der Waals surface area contributed by atoms with Crippen molar-refractivity contribution in [2.45, 2.75) is 43.8 Å². The van der Waals surface area contributed by atoms with Gasteiger partial charge in [0.05, 0.1) is 10.6 Å². The van der Waals surface area contributed by atoms with Crippen LogP contribution in [-0.2, 0) is 32.6 Å². The van der Waals surface area contributed by atoms with Crippen LogP contribution in [0.1, 0.15) is 25.0 Å². The fourth-order valence-electron chi connectivity index (χ4n) is 4.59. The zero-order chi connectivity index (χ0) is 30.1. The Bertz CT molecular complexity index is 1580. The molecule has 0 aliphatic heterocycles. The Kier molecular flexibility index (Phi) is 10.5. The van der Waals surface area contributed by atoms with Crippen LogP contribution in [0, 0.1) is 0 Å². The number of sulfonamides is 1. The van der Waals surface area contributed by atoms with E-state index in [0.29, 0.717) is 10.2 Å². The second kappa shape index (κ2) is 14.3. The average Bonchev–Trinajstić information content (AvgIpc) is 2.98. The van der Waals surface area contributed by atoms with E-state index < -0.39 is 28.5 Å². The van der Waals surface area contributed by atoms with Crippen molar-refractivity contribution in [1.82, 2.24) is 10.2 Å². The quantitative estimate of drug-likeness (QED) is 0.210. The SMILES string of the molecule is CC(C)NC(=O)[C@H](Cc1ccccc1)N(Cc1ccccc1)C(=O)CN(c1cccc(Br)c1)S(=O)(=O)c1ccccc1. The lowest BCUT2D eigenvalue weighted by Crippen LogP contribution is -2.54. The van der Waals surface area contributed by atoms with Gasteiger partial charge < -0.3 is 10.2 Å². The summed E-state index contributed by atoms with van der Waals surface area (Å²) in [5.41, 5.74) is 2.03. The molecule has 0 heterocycles. The highest BCUT2D eigenvalue weighted by Gasteiger charge is 2.34. The molecule has 0 bridgehead atoms. The van der Waals surface area contributed by atoms with E-state index in [1.807, 2.05) is 74.5 Å². The molecule has 0 aliphatic rings. The number of benzene rings is 4. The molecule has 0 aromatic heterocycles. The Hall–Kier alpha value is -3.95. The molecule has 1 atom stereocenters. The van der Waals surface area contributed by atoms with Crippen LogP contribution in [0.15, 0.2) is 125 Å². The third-order valence-electron chi connectivity index (χ3n) is 6.60. The van der Waals surface area contributed by atoms with Gasteiger partial charge in [0, 0.05) is 23.5 Å². The molecule has 0 saturated heterocycles. The number of halogens is 1. The van der Waals surface area contributed by atoms with Gasteiger partial charge in [0.2, 0.25) is 11.8 Å². The summed E-state index contributed by atoms with van der Waals surface area (Å²) in [6, 6.07) is 32.6. The number of carbonyl (C=O) groups excluding carboxylic acids is 2. The maximum atomic E-state index is 14.3. The highest BCUT2D eigenvalue weighted by atomic mass is 79.9. The van der Waals surface area contributed by atoms with Crippen LogP contribution in [0.4, 0.5) is 5.69 Å². The van der Waals surface area contributed by atoms with Crippen molar-refractivity contribution in [2.24, 2.45) is 0 Å². The Morgan fingerprint density at radius 2 is 1.36 bits per heavy atom. The number of rotatable bonds is 12. The van der Waals surface area contributed by atoms with Crippen LogP contribution < -0.4 is 9.62 Å². The van der Waals surface area contributed by atoms with Crippen molar-refractivity contribution in [1.29, 1.82) is 0 Å². The molecular weight excluding hydrogens is 614 g/mol. The third-order valence-corrected chi connectivity index (χ3v) is 8.89. The predicted octanol–water partition coefficient (Wildman–Crippen LogP) is 5.81. The number of anilines is 1. The molecule has 2 amide bonds. The largest absolute Gasteiger partial charge is 0.352 e. The number of amides is 2. The van der Waals surface area contributed by atoms with Crippen molar-refractivity contribution in [3.63, 3.8) is 0 Å². The van der Waals surface area contributed by atoms with E-state index in [-0.39, 0.29) is 29.8 Å². The van der Waals surface area contributed by atoms with Crippen molar-refractivity contribution < 1.29 is 18.0 Å². The normalized spacial score (nSPS) is 12.0. The van der Waals surface area contributed by atoms with Gasteiger partial charge in [-0.1, -0.05) is 101 Å². The summed E-state index contributed by atoms with van der Waals surface area (Å²) in [6.45, 7) is 3.35. The lowest BCUT2D eigenvalue weighted by atomic mass is 10.0. The zero-order valence-electron chi connectivity index (χ0n) is 23.6. The zero-order valence-corrected chi connectivity index (χ0v) is 26.0. The van der Waals surface area contributed by atoms with Gasteiger partial charge in [0.25, 0.3) is 10.0 Å². The Labute approximate surface area is 256 Å². The first-order valence-corrected chi connectivity index (χ1v) is 15.9. The second-order valence-electron chi connectivity index (χ2n) is 10.2. The molecule has 4 rings (SSSR count). The summed E-state index contributed by atoms with van der Waals surface area (Å²) in [4.78, 5) is 29.6. The van der Waals surface area contributed by atoms with Crippen LogP contribution in [-0.4, -0.2) is 43.8 Å². The molecule has 1 N–H and O–H groups in total. The van der Waals surface area contributed by atoms with Crippen molar-refractivity contribution in [3.05, 3.63) is 131 Å². The molecule has 4 aromatic carbocycles. The van der Waals surface area contributed by atoms with E-state index in [0.717, 1.165) is 15.4 Å². The summed E-state index contributed by atoms with van der Waals surface area (Å²) < 4.78 is 29.7. The van der Waals surface area contributed by atoms with Crippen LogP contribution in [0.3, 0.4) is 0 Å². The van der Waals surface area contributed by atoms with Crippen LogP contribution in [0.25, 0.3) is 0 Å². The fraction of sp³-hybridized carbons (Fsp3) is 0.212. The third kappa shape index (κ3) is 8.08. The molecule has 0 unspecified atom stereocenters. The predicted molar refractivity (Wildman–Crippen MR) is 169 cm³/mol. The first kappa shape index (κ1) is 31.0. The van der Waals surface area contributed by atoms with Gasteiger partial charge >= 0.3 is 0 Å². The number of nitrogens with zero attached hydrogens (tertiary/aromatic N) is 2. The molecule has 7 nitrogen and oxygen atoms in total. The molecule has 0 aliphatic carbocycles. The van der Waals surface area contributed by atoms with Gasteiger partial charge in [-0.2, -0.15) is 0 Å². The summed E-state index contributed by atoms with van der Waals surface area (Å²) in [7, 11) is -4.13. The first-order chi connectivity index (χ1) is 20.1. The van der Waals surface area contributed by atoms with E-state index in [2.05, 4.69) is 21.2 Å². The maximum absolute atomic E-state index is 14.3. The van der Waals surface area contributed by atoms with Crippen molar-refractivity contribution >= 4 is 43.5 Å². The lowest BCUT2D eigenvalue weighted by molar-refractivity contribution is -0.140. The molecule has 0 spiro atoms. The van der Waals surface area contributed by atoms with Crippen LogP contribution >= 0.6 is 15.9 Å². The highest BCUT2D eigenvalue weighted by Crippen LogP contribution is 2.27. The van der Waals surface area contributed by atoms with Gasteiger partial charge in [0.15, 0.2) is 0 Å². The molecule has 42 heavy (non-hydrogen) atoms. The second-order valence-corrected chi connectivity index (χ2v) is 13.0. The van der Waals surface area contributed by atoms with Crippen LogP contribution in [0.5, 0.6) is 0 Å². The van der Waals surface area contributed by atoms with Crippen molar-refractivity contribution in [2.75, 3.05) is 10.8 Å². The van der Waals surface area contributed by atoms with Crippen LogP contribution in [0.2, 0.25) is 0 Å². The van der Waals surface area contributed by atoms with Gasteiger partial charge in [-0.15, -0.1) is 0 Å². The number of hydrogen-bond donors (Lipinski definition) is 1. The minimum Gasteiger partial charge on any atom is -0.352 e. The fourth-order valence-corrected chi connectivity index (χ4v) is 6.41. The Morgan fingerprint density at radius 3 is 1.93 bits per heavy atom. The van der Waals surface area contributed by atoms with Gasteiger partial charge in [0.1, 0.15) is 12.6 Å². The Balaban J connectivity index is 1.79. The molecular formula is C33H34BrN3O4S. The van der Waals surface area contributed by atoms with E-state index in [1.165, 1.54) is 17.0 Å². The summed E-state index contributed by atoms with van der Waals surface area (Å²) in [5, 5.41) is 2.96. The number of carbonyl (C=O) groups is 2. The van der Waals surface area contributed by atoms with Gasteiger partial charge in [-0.3, -0.25) is 13.9 Å². The standard InChI is InChI=1S/C33H34BrN3O4S/c1-25(2)35-33(39)31(21-26-13-6-3-7-14-26)36(23-27-15-8-4-9-16-27)32(38)24-37(29-18-12-17-28(34)22-29)42(40,41)30-19-10-5-11-20-30/h3-20,22,25,31H,21,23-24H2,1-2H3,(H,35,39)/t31-/m0/s1. The van der Waals surface area contributed by atoms with E-state index >= 15 is 0 Å². The average molecular weight is 649 g/mol. The molecule has 0 radical (unpaired) electrons. The minimum atomic E-state index is -4.13. The molecule has 0 saturated carbocycles. The van der Waals surface area contributed by atoms with Gasteiger partial charge in [-0.25, -0.2) is 8.42 Å². The highest BCUT2D eigenvalue weighted by molar-refractivity contribution is 9.10. The smallest absolute Gasteiger partial charge is 0.264 e. The summed E-state index contributed by atoms with van der Waals surface area (Å²) in [5.74, 6) is -0.809. The molecule has 0 fully saturated rings. The van der Waals surface area contributed by atoms with E-state index in [9.17, 15) is 18.0 Å². The Morgan fingerprint density at radius 1 is 0.786 bits per heavy atom. The van der Waals surface area contributed by atoms with Crippen molar-refractivity contribution in [3.8, 4) is 0 Å². The van der Waals surface area contributed by atoms with Gasteiger partial charge in [-0.05, 0) is 55.3 Å². The summed E-state index contributed by atoms with van der Waals surface area (Å²) >= 11 is 3.43. The molecule has 9 heteroatoms. The first-order valence-electron chi connectivity index (χ1n) is 13.7. The topological polar surface area (TPSA) is 86.8 Å². The number of nitrogens with one attached hydrogen (secondary N) is 1. The summed E-state index contributed by atoms with van der Waals surface area (Å²) in [6.07, 6.45) is 0.264. The number of hydrogen-bond acceptors (Lipinski definition) is 4. The van der Waals surface area contributed by atoms with E-state index in [1.54, 1.807) is 42.5 Å². The lowest BCUT2D eigenvalue weighted by Gasteiger charge is -2.34. The maximum Gasteiger partial charge on any atom is 0.264 e.